The zero-order valence-corrected chi connectivity index (χ0v) is 11.5. The molecule has 0 aliphatic rings. The normalized spacial score (nSPS) is 5.53. The molecule has 0 radical (unpaired) electrons. The van der Waals surface area contributed by atoms with Crippen LogP contribution in [0.2, 0.25) is 0 Å². The van der Waals surface area contributed by atoms with Gasteiger partial charge in [0.2, 0.25) is 0 Å². The maximum absolute atomic E-state index is 7.51. The SMILES string of the molecule is C=C(C)C.C=CC#N.C=CC(=C)C.C=CC=C. The van der Waals surface area contributed by atoms with Crippen molar-refractivity contribution in [3.05, 3.63) is 74.9 Å². The van der Waals surface area contributed by atoms with Crippen molar-refractivity contribution >= 4 is 0 Å². The van der Waals surface area contributed by atoms with Crippen molar-refractivity contribution in [2.24, 2.45) is 0 Å². The Bertz CT molecular complexity index is 264. The first-order valence-corrected chi connectivity index (χ1v) is 4.97. The van der Waals surface area contributed by atoms with Gasteiger partial charge in [0.15, 0.2) is 0 Å². The Morgan fingerprint density at radius 3 is 1.12 bits per heavy atom. The highest BCUT2D eigenvalue weighted by Crippen LogP contribution is 1.81. The fraction of sp³-hybridized carbons (Fsp3) is 0.188. The minimum Gasteiger partial charge on any atom is -0.193 e. The lowest BCUT2D eigenvalue weighted by atomic mass is 10.4. The largest absolute Gasteiger partial charge is 0.193 e. The third-order valence-corrected chi connectivity index (χ3v) is 0.606. The summed E-state index contributed by atoms with van der Waals surface area (Å²) in [6.45, 7) is 26.3. The summed E-state index contributed by atoms with van der Waals surface area (Å²) >= 11 is 0. The molecule has 0 atom stereocenters. The molecule has 0 heterocycles. The van der Waals surface area contributed by atoms with E-state index in [4.69, 9.17) is 5.26 Å². The summed E-state index contributed by atoms with van der Waals surface area (Å²) in [6, 6.07) is 1.69. The molecule has 0 N–H and O–H groups in total. The summed E-state index contributed by atoms with van der Waals surface area (Å²) < 4.78 is 0. The van der Waals surface area contributed by atoms with Crippen LogP contribution in [0.3, 0.4) is 0 Å². The predicted molar refractivity (Wildman–Crippen MR) is 81.7 cm³/mol. The standard InChI is InChI=1S/C5H8.C4H8.C4H6.C3H3N/c1-4-5(2)3;1-4(2)3;1-3-4-2;1-2-3-4/h4H,1-2H2,3H3;1H2,2-3H3;3-4H,1-2H2;2H,1H2. The minimum absolute atomic E-state index is 1.02. The second kappa shape index (κ2) is 29.2. The van der Waals surface area contributed by atoms with Crippen molar-refractivity contribution in [3.63, 3.8) is 0 Å². The van der Waals surface area contributed by atoms with Gasteiger partial charge in [-0.25, -0.2) is 0 Å². The summed E-state index contributed by atoms with van der Waals surface area (Å²) in [7, 11) is 0. The Morgan fingerprint density at radius 2 is 1.12 bits per heavy atom. The highest BCUT2D eigenvalue weighted by Gasteiger charge is 1.59. The van der Waals surface area contributed by atoms with Crippen LogP contribution in [0.1, 0.15) is 20.8 Å². The van der Waals surface area contributed by atoms with Crippen molar-refractivity contribution in [1.82, 2.24) is 0 Å². The number of nitriles is 1. The molecule has 0 unspecified atom stereocenters. The van der Waals surface area contributed by atoms with Gasteiger partial charge in [-0.15, -0.1) is 6.58 Å². The van der Waals surface area contributed by atoms with Gasteiger partial charge in [-0.05, 0) is 20.8 Å². The maximum Gasteiger partial charge on any atom is 0.0905 e. The van der Waals surface area contributed by atoms with Gasteiger partial charge >= 0.3 is 0 Å². The first kappa shape index (κ1) is 24.3. The maximum atomic E-state index is 7.51. The molecule has 17 heavy (non-hydrogen) atoms. The first-order valence-electron chi connectivity index (χ1n) is 4.97. The minimum atomic E-state index is 1.02. The second-order valence-electron chi connectivity index (χ2n) is 3.06. The van der Waals surface area contributed by atoms with Gasteiger partial charge in [0.25, 0.3) is 0 Å². The molecule has 0 saturated heterocycles. The van der Waals surface area contributed by atoms with Crippen LogP contribution < -0.4 is 0 Å². The third kappa shape index (κ3) is 532. The van der Waals surface area contributed by atoms with Gasteiger partial charge in [0.05, 0.1) is 6.07 Å². The van der Waals surface area contributed by atoms with Gasteiger partial charge in [0.1, 0.15) is 0 Å². The predicted octanol–water partition coefficient (Wildman–Crippen LogP) is 5.39. The third-order valence-electron chi connectivity index (χ3n) is 0.606. The van der Waals surface area contributed by atoms with E-state index in [-0.39, 0.29) is 0 Å². The zero-order valence-electron chi connectivity index (χ0n) is 11.5. The molecule has 0 saturated carbocycles. The Hall–Kier alpha value is -2.07. The number of allylic oxidation sites excluding steroid dienone is 6. The Morgan fingerprint density at radius 1 is 0.941 bits per heavy atom. The van der Waals surface area contributed by atoms with Crippen molar-refractivity contribution in [2.45, 2.75) is 20.8 Å². The monoisotopic (exact) mass is 231 g/mol. The van der Waals surface area contributed by atoms with Gasteiger partial charge < -0.3 is 0 Å². The van der Waals surface area contributed by atoms with Crippen molar-refractivity contribution in [3.8, 4) is 6.07 Å². The van der Waals surface area contributed by atoms with Crippen molar-refractivity contribution in [1.29, 1.82) is 5.26 Å². The molecule has 0 aliphatic heterocycles. The van der Waals surface area contributed by atoms with Crippen LogP contribution in [0.25, 0.3) is 0 Å². The van der Waals surface area contributed by atoms with E-state index in [1.165, 1.54) is 11.6 Å². The van der Waals surface area contributed by atoms with E-state index >= 15 is 0 Å². The molecule has 0 amide bonds. The molecular weight excluding hydrogens is 206 g/mol. The highest BCUT2D eigenvalue weighted by atomic mass is 14.2. The molecule has 1 heteroatoms. The van der Waals surface area contributed by atoms with Crippen LogP contribution in [0.4, 0.5) is 0 Å². The zero-order chi connectivity index (χ0) is 14.7. The first-order chi connectivity index (χ1) is 7.83. The van der Waals surface area contributed by atoms with Gasteiger partial charge in [-0.2, -0.15) is 5.26 Å². The summed E-state index contributed by atoms with van der Waals surface area (Å²) in [6.07, 6.45) is 6.18. The quantitative estimate of drug-likeness (QED) is 0.355. The smallest absolute Gasteiger partial charge is 0.0905 e. The highest BCUT2D eigenvalue weighted by molar-refractivity contribution is 5.05. The van der Waals surface area contributed by atoms with Crippen molar-refractivity contribution < 1.29 is 0 Å². The fourth-order valence-electron chi connectivity index (χ4n) is 0. The number of hydrogen-bond acceptors (Lipinski definition) is 1. The van der Waals surface area contributed by atoms with Crippen LogP contribution in [0.15, 0.2) is 74.9 Å². The van der Waals surface area contributed by atoms with Gasteiger partial charge in [-0.3, -0.25) is 0 Å². The Balaban J connectivity index is -0.0000000667. The van der Waals surface area contributed by atoms with Crippen LogP contribution >= 0.6 is 0 Å². The van der Waals surface area contributed by atoms with Crippen LogP contribution in [-0.4, -0.2) is 0 Å². The van der Waals surface area contributed by atoms with E-state index in [0.29, 0.717) is 0 Å². The van der Waals surface area contributed by atoms with Crippen LogP contribution in [0, 0.1) is 11.3 Å². The number of nitrogens with zero attached hydrogens (tertiary/aromatic N) is 1. The lowest BCUT2D eigenvalue weighted by molar-refractivity contribution is 1.42. The van der Waals surface area contributed by atoms with Crippen LogP contribution in [-0.2, 0) is 0 Å². The molecule has 94 valence electrons. The average molecular weight is 231 g/mol. The van der Waals surface area contributed by atoms with E-state index < -0.39 is 0 Å². The Labute approximate surface area is 107 Å². The lowest BCUT2D eigenvalue weighted by Crippen LogP contribution is -1.50. The summed E-state index contributed by atoms with van der Waals surface area (Å²) in [4.78, 5) is 0. The average Bonchev–Trinajstić information content (AvgIpc) is 2.29. The molecule has 0 aromatic carbocycles. The topological polar surface area (TPSA) is 23.8 Å². The molecule has 0 aromatic rings. The molecule has 0 spiro atoms. The fourth-order valence-corrected chi connectivity index (χ4v) is 0. The summed E-state index contributed by atoms with van der Waals surface area (Å²) in [5.74, 6) is 0. The molecule has 0 bridgehead atoms. The summed E-state index contributed by atoms with van der Waals surface area (Å²) in [5.41, 5.74) is 2.19. The second-order valence-corrected chi connectivity index (χ2v) is 3.06. The molecule has 0 aromatic heterocycles. The van der Waals surface area contributed by atoms with Crippen LogP contribution in [0.5, 0.6) is 0 Å². The van der Waals surface area contributed by atoms with E-state index in [1.54, 1.807) is 24.3 Å². The van der Waals surface area contributed by atoms with E-state index in [2.05, 4.69) is 39.5 Å². The summed E-state index contributed by atoms with van der Waals surface area (Å²) in [5, 5.41) is 7.51. The molecule has 0 rings (SSSR count). The lowest BCUT2D eigenvalue weighted by Gasteiger charge is -1.71. The van der Waals surface area contributed by atoms with Crippen molar-refractivity contribution in [2.75, 3.05) is 0 Å². The molecule has 0 fully saturated rings. The van der Waals surface area contributed by atoms with Gasteiger partial charge in [0, 0.05) is 6.08 Å². The number of hydrogen-bond donors (Lipinski definition) is 0. The van der Waals surface area contributed by atoms with E-state index in [1.807, 2.05) is 20.8 Å². The van der Waals surface area contributed by atoms with E-state index in [9.17, 15) is 0 Å². The Kier molecular flexibility index (Phi) is 41.7. The molecular formula is C16H25N. The molecule has 0 aliphatic carbocycles. The van der Waals surface area contributed by atoms with E-state index in [0.717, 1.165) is 5.57 Å². The molecule has 1 nitrogen and oxygen atoms in total. The number of rotatable bonds is 2. The van der Waals surface area contributed by atoms with Gasteiger partial charge in [-0.1, -0.05) is 62.3 Å².